The highest BCUT2D eigenvalue weighted by atomic mass is 79.9. The summed E-state index contributed by atoms with van der Waals surface area (Å²) in [5.74, 6) is -6.63. The number of halogens is 8. The number of nitro groups is 1. The lowest BCUT2D eigenvalue weighted by Gasteiger charge is -2.27. The molecule has 0 saturated heterocycles. The van der Waals surface area contributed by atoms with E-state index in [1.54, 1.807) is 18.2 Å². The Labute approximate surface area is 200 Å². The molecule has 0 atom stereocenters. The van der Waals surface area contributed by atoms with Crippen LogP contribution in [0.15, 0.2) is 64.2 Å². The fraction of sp³-hybridized carbons (Fsp3) is 0.190. The molecule has 1 N–H and O–H groups in total. The fourth-order valence-electron chi connectivity index (χ4n) is 2.96. The van der Waals surface area contributed by atoms with Crippen LogP contribution in [0, 0.1) is 10.1 Å². The normalized spacial score (nSPS) is 12.8. The van der Waals surface area contributed by atoms with Crippen molar-refractivity contribution in [3.8, 4) is 5.75 Å². The highest BCUT2D eigenvalue weighted by Crippen LogP contribution is 2.45. The Morgan fingerprint density at radius 3 is 2.34 bits per heavy atom. The summed E-state index contributed by atoms with van der Waals surface area (Å²) in [6, 6.07) is 8.92. The first kappa shape index (κ1) is 26.2. The van der Waals surface area contributed by atoms with Gasteiger partial charge in [0.15, 0.2) is 0 Å². The summed E-state index contributed by atoms with van der Waals surface area (Å²) in [5.41, 5.74) is 0.270. The number of ether oxygens (including phenoxy) is 1. The second-order valence-corrected chi connectivity index (χ2v) is 7.91. The average Bonchev–Trinajstić information content (AvgIpc) is 2.77. The summed E-state index contributed by atoms with van der Waals surface area (Å²) < 4.78 is 94.6. The molecule has 14 heteroatoms. The van der Waals surface area contributed by atoms with Crippen molar-refractivity contribution < 1.29 is 40.4 Å². The second-order valence-electron chi connectivity index (χ2n) is 7.05. The quantitative estimate of drug-likeness (QED) is 0.107. The van der Waals surface area contributed by atoms with Gasteiger partial charge in [-0.25, -0.2) is 5.43 Å². The number of alkyl halides is 7. The zero-order chi connectivity index (χ0) is 26.0. The Morgan fingerprint density at radius 1 is 1.03 bits per heavy atom. The van der Waals surface area contributed by atoms with Crippen molar-refractivity contribution in [2.24, 2.45) is 5.10 Å². The molecule has 35 heavy (non-hydrogen) atoms. The van der Waals surface area contributed by atoms with E-state index in [9.17, 15) is 40.8 Å². The maximum absolute atomic E-state index is 13.3. The summed E-state index contributed by atoms with van der Waals surface area (Å²) in [5, 5.41) is 16.0. The highest BCUT2D eigenvalue weighted by Gasteiger charge is 2.73. The minimum absolute atomic E-state index is 0.0132. The standard InChI is InChI=1S/C21H13BrF7N3O3/c22-16-8-12(10-30-31-21(28,29)19(23,24)20(25,26)27)9-17(32(33)34)18(16)35-11-14-6-3-5-13-4-1-2-7-15(13)14/h1-10,31H,11H2/b30-10-. The Kier molecular flexibility index (Phi) is 7.24. The number of nitrogens with zero attached hydrogens (tertiary/aromatic N) is 2. The molecule has 0 aliphatic rings. The SMILES string of the molecule is O=[N+]([O-])c1cc(/C=N\NC(F)(F)C(F)(F)C(F)(F)F)cc(Br)c1OCc1cccc2ccccc12. The van der Waals surface area contributed by atoms with Gasteiger partial charge in [-0.2, -0.15) is 35.8 Å². The maximum Gasteiger partial charge on any atom is 0.462 e. The van der Waals surface area contributed by atoms with E-state index in [1.807, 2.05) is 24.3 Å². The van der Waals surface area contributed by atoms with Gasteiger partial charge in [-0.1, -0.05) is 42.5 Å². The summed E-state index contributed by atoms with van der Waals surface area (Å²) in [7, 11) is 0. The second kappa shape index (κ2) is 9.68. The molecule has 6 nitrogen and oxygen atoms in total. The van der Waals surface area contributed by atoms with Crippen LogP contribution in [0.4, 0.5) is 36.4 Å². The molecule has 0 aromatic heterocycles. The lowest BCUT2D eigenvalue weighted by Crippen LogP contribution is -2.58. The van der Waals surface area contributed by atoms with Gasteiger partial charge in [0.25, 0.3) is 0 Å². The third-order valence-corrected chi connectivity index (χ3v) is 5.25. The number of hydrogen-bond donors (Lipinski definition) is 1. The molecule has 186 valence electrons. The van der Waals surface area contributed by atoms with Crippen molar-refractivity contribution >= 4 is 38.6 Å². The van der Waals surface area contributed by atoms with Gasteiger partial charge in [-0.3, -0.25) is 10.1 Å². The molecular formula is C21H13BrF7N3O3. The Bertz CT molecular complexity index is 1280. The van der Waals surface area contributed by atoms with Crippen LogP contribution in [0.5, 0.6) is 5.75 Å². The number of nitro benzene ring substituents is 1. The van der Waals surface area contributed by atoms with Gasteiger partial charge in [0.2, 0.25) is 5.75 Å². The van der Waals surface area contributed by atoms with Gasteiger partial charge in [0.05, 0.1) is 15.6 Å². The van der Waals surface area contributed by atoms with Crippen LogP contribution in [0.25, 0.3) is 10.8 Å². The van der Waals surface area contributed by atoms with Gasteiger partial charge in [0, 0.05) is 11.6 Å². The highest BCUT2D eigenvalue weighted by molar-refractivity contribution is 9.10. The topological polar surface area (TPSA) is 76.8 Å². The van der Waals surface area contributed by atoms with Crippen molar-refractivity contribution in [1.82, 2.24) is 5.43 Å². The van der Waals surface area contributed by atoms with E-state index in [1.165, 1.54) is 0 Å². The molecule has 3 aromatic rings. The van der Waals surface area contributed by atoms with Crippen LogP contribution in [-0.2, 0) is 6.61 Å². The molecule has 0 aliphatic carbocycles. The van der Waals surface area contributed by atoms with E-state index in [-0.39, 0.29) is 22.4 Å². The number of fused-ring (bicyclic) bond motifs is 1. The summed E-state index contributed by atoms with van der Waals surface area (Å²) in [6.45, 7) is -0.0749. The summed E-state index contributed by atoms with van der Waals surface area (Å²) in [4.78, 5) is 10.7. The molecule has 3 aromatic carbocycles. The van der Waals surface area contributed by atoms with Gasteiger partial charge in [-0.15, -0.1) is 0 Å². The third-order valence-electron chi connectivity index (χ3n) is 4.66. The number of hydrazone groups is 1. The number of rotatable bonds is 8. The van der Waals surface area contributed by atoms with Crippen LogP contribution in [0.2, 0.25) is 0 Å². The first-order chi connectivity index (χ1) is 16.2. The van der Waals surface area contributed by atoms with E-state index in [0.717, 1.165) is 22.9 Å². The van der Waals surface area contributed by atoms with Crippen molar-refractivity contribution in [3.05, 3.63) is 80.3 Å². The molecule has 0 spiro atoms. The predicted molar refractivity (Wildman–Crippen MR) is 116 cm³/mol. The maximum atomic E-state index is 13.3. The number of benzene rings is 3. The third kappa shape index (κ3) is 5.47. The lowest BCUT2D eigenvalue weighted by atomic mass is 10.1. The number of nitrogens with one attached hydrogen (secondary N) is 1. The molecule has 0 unspecified atom stereocenters. The van der Waals surface area contributed by atoms with Crippen molar-refractivity contribution in [3.63, 3.8) is 0 Å². The molecule has 0 radical (unpaired) electrons. The van der Waals surface area contributed by atoms with Crippen molar-refractivity contribution in [1.29, 1.82) is 0 Å². The van der Waals surface area contributed by atoms with Gasteiger partial charge >= 0.3 is 23.8 Å². The molecule has 0 amide bonds. The predicted octanol–water partition coefficient (Wildman–Crippen LogP) is 6.80. The Morgan fingerprint density at radius 2 is 1.69 bits per heavy atom. The smallest absolute Gasteiger partial charge is 0.462 e. The molecule has 3 rings (SSSR count). The minimum Gasteiger partial charge on any atom is -0.481 e. The molecule has 0 heterocycles. The number of hydrogen-bond acceptors (Lipinski definition) is 5. The van der Waals surface area contributed by atoms with Crippen LogP contribution < -0.4 is 10.2 Å². The van der Waals surface area contributed by atoms with Gasteiger partial charge in [0.1, 0.15) is 6.61 Å². The average molecular weight is 568 g/mol. The van der Waals surface area contributed by atoms with Crippen LogP contribution in [0.3, 0.4) is 0 Å². The Hall–Kier alpha value is -3.42. The van der Waals surface area contributed by atoms with E-state index < -0.39 is 28.8 Å². The zero-order valence-corrected chi connectivity index (χ0v) is 18.7. The first-order valence-corrected chi connectivity index (χ1v) is 10.2. The Balaban J connectivity index is 1.84. The summed E-state index contributed by atoms with van der Waals surface area (Å²) in [6.07, 6.45) is -6.11. The van der Waals surface area contributed by atoms with Gasteiger partial charge in [-0.05, 0) is 38.3 Å². The van der Waals surface area contributed by atoms with E-state index in [2.05, 4.69) is 21.0 Å². The molecule has 0 saturated carbocycles. The molecule has 0 bridgehead atoms. The van der Waals surface area contributed by atoms with E-state index in [0.29, 0.717) is 17.2 Å². The molecule has 0 aliphatic heterocycles. The van der Waals surface area contributed by atoms with E-state index in [4.69, 9.17) is 4.74 Å². The van der Waals surface area contributed by atoms with E-state index >= 15 is 0 Å². The monoisotopic (exact) mass is 567 g/mol. The van der Waals surface area contributed by atoms with Crippen LogP contribution >= 0.6 is 15.9 Å². The van der Waals surface area contributed by atoms with Crippen molar-refractivity contribution in [2.75, 3.05) is 0 Å². The molecular weight excluding hydrogens is 555 g/mol. The van der Waals surface area contributed by atoms with Gasteiger partial charge < -0.3 is 4.74 Å². The van der Waals surface area contributed by atoms with Crippen molar-refractivity contribution in [2.45, 2.75) is 24.8 Å². The minimum atomic E-state index is -6.54. The summed E-state index contributed by atoms with van der Waals surface area (Å²) >= 11 is 3.05. The molecule has 0 fully saturated rings. The largest absolute Gasteiger partial charge is 0.481 e. The lowest BCUT2D eigenvalue weighted by molar-refractivity contribution is -0.386. The van der Waals surface area contributed by atoms with Crippen LogP contribution in [0.1, 0.15) is 11.1 Å². The van der Waals surface area contributed by atoms with Crippen LogP contribution in [-0.4, -0.2) is 29.3 Å². The fourth-order valence-corrected chi connectivity index (χ4v) is 3.54. The zero-order valence-electron chi connectivity index (χ0n) is 17.1. The first-order valence-electron chi connectivity index (χ1n) is 9.44.